The molecule has 0 aromatic rings. The van der Waals surface area contributed by atoms with Gasteiger partial charge in [0, 0.05) is 0 Å². The molecule has 10 nitrogen and oxygen atoms in total. The lowest BCUT2D eigenvalue weighted by Gasteiger charge is -2.28. The Morgan fingerprint density at radius 3 is 1.64 bits per heavy atom. The van der Waals surface area contributed by atoms with Gasteiger partial charge in [0.1, 0.15) is 18.1 Å². The number of hydrogen-bond donors (Lipinski definition) is 6. The summed E-state index contributed by atoms with van der Waals surface area (Å²) in [5.74, 6) is -3.54. The van der Waals surface area contributed by atoms with Gasteiger partial charge in [-0.3, -0.25) is 14.4 Å². The number of hydrogen-bond acceptors (Lipinski definition) is 6. The standard InChI is InChI=1S/C18H34N4O6/c1-8(2)7-12(18(27)28)20-16(25)13(9(3)4)21-17(26)14(11(6)23)22-15(24)10(5)19/h8-14,23H,7,19H2,1-6H3,(H,20,25)(H,21,26)(H,22,24)(H,27,28)/t10-,11-,12+,13+,14+/m1/s1. The van der Waals surface area contributed by atoms with Gasteiger partial charge in [-0.2, -0.15) is 0 Å². The van der Waals surface area contributed by atoms with E-state index in [1.54, 1.807) is 13.8 Å². The van der Waals surface area contributed by atoms with Crippen molar-refractivity contribution in [2.45, 2.75) is 78.2 Å². The van der Waals surface area contributed by atoms with Crippen molar-refractivity contribution >= 4 is 23.7 Å². The minimum Gasteiger partial charge on any atom is -0.480 e. The number of carbonyl (C=O) groups is 4. The molecule has 0 fully saturated rings. The van der Waals surface area contributed by atoms with Gasteiger partial charge < -0.3 is 31.9 Å². The number of aliphatic carboxylic acids is 1. The van der Waals surface area contributed by atoms with Gasteiger partial charge in [-0.1, -0.05) is 27.7 Å². The maximum absolute atomic E-state index is 12.6. The van der Waals surface area contributed by atoms with Crippen LogP contribution < -0.4 is 21.7 Å². The molecule has 0 radical (unpaired) electrons. The van der Waals surface area contributed by atoms with Crippen molar-refractivity contribution in [1.82, 2.24) is 16.0 Å². The number of carboxylic acids is 1. The topological polar surface area (TPSA) is 171 Å². The van der Waals surface area contributed by atoms with E-state index < -0.39 is 54.0 Å². The lowest BCUT2D eigenvalue weighted by Crippen LogP contribution is -2.60. The molecule has 0 rings (SSSR count). The molecule has 0 aliphatic rings. The first-order valence-corrected chi connectivity index (χ1v) is 9.35. The van der Waals surface area contributed by atoms with E-state index in [0.717, 1.165) is 0 Å². The highest BCUT2D eigenvalue weighted by Gasteiger charge is 2.33. The first-order chi connectivity index (χ1) is 12.8. The van der Waals surface area contributed by atoms with Gasteiger partial charge in [-0.05, 0) is 32.1 Å². The molecule has 0 spiro atoms. The van der Waals surface area contributed by atoms with Crippen molar-refractivity contribution in [3.63, 3.8) is 0 Å². The molecule has 0 aromatic carbocycles. The fraction of sp³-hybridized carbons (Fsp3) is 0.778. The quantitative estimate of drug-likeness (QED) is 0.256. The Labute approximate surface area is 165 Å². The van der Waals surface area contributed by atoms with Crippen molar-refractivity contribution in [2.75, 3.05) is 0 Å². The number of carbonyl (C=O) groups excluding carboxylic acids is 3. The summed E-state index contributed by atoms with van der Waals surface area (Å²) < 4.78 is 0. The Hall–Kier alpha value is -2.20. The molecule has 0 bridgehead atoms. The van der Waals surface area contributed by atoms with Crippen LogP contribution in [0.5, 0.6) is 0 Å². The number of nitrogens with two attached hydrogens (primary N) is 1. The van der Waals surface area contributed by atoms with Crippen LogP contribution in [0.15, 0.2) is 0 Å². The molecule has 0 aromatic heterocycles. The zero-order chi connectivity index (χ0) is 22.2. The second kappa shape index (κ2) is 11.6. The Morgan fingerprint density at radius 2 is 1.29 bits per heavy atom. The lowest BCUT2D eigenvalue weighted by atomic mass is 9.99. The zero-order valence-corrected chi connectivity index (χ0v) is 17.4. The van der Waals surface area contributed by atoms with Crippen LogP contribution in [0.1, 0.15) is 48.0 Å². The van der Waals surface area contributed by atoms with Crippen LogP contribution in [0.25, 0.3) is 0 Å². The summed E-state index contributed by atoms with van der Waals surface area (Å²) in [5, 5.41) is 26.4. The molecule has 7 N–H and O–H groups in total. The smallest absolute Gasteiger partial charge is 0.326 e. The molecule has 0 saturated heterocycles. The van der Waals surface area contributed by atoms with Gasteiger partial charge in [0.05, 0.1) is 12.1 Å². The van der Waals surface area contributed by atoms with E-state index in [1.165, 1.54) is 13.8 Å². The molecule has 0 unspecified atom stereocenters. The molecular formula is C18H34N4O6. The number of nitrogens with one attached hydrogen (secondary N) is 3. The highest BCUT2D eigenvalue weighted by molar-refractivity contribution is 5.94. The second-order valence-corrected chi connectivity index (χ2v) is 7.77. The summed E-state index contributed by atoms with van der Waals surface area (Å²) in [6.45, 7) is 9.77. The molecule has 5 atom stereocenters. The molecule has 28 heavy (non-hydrogen) atoms. The molecule has 0 aliphatic carbocycles. The van der Waals surface area contributed by atoms with E-state index >= 15 is 0 Å². The first kappa shape index (κ1) is 25.8. The molecule has 0 aliphatic heterocycles. The largest absolute Gasteiger partial charge is 0.480 e. The minimum absolute atomic E-state index is 0.0431. The maximum Gasteiger partial charge on any atom is 0.326 e. The Balaban J connectivity index is 5.30. The first-order valence-electron chi connectivity index (χ1n) is 9.35. The van der Waals surface area contributed by atoms with E-state index in [2.05, 4.69) is 16.0 Å². The van der Waals surface area contributed by atoms with Crippen LogP contribution in [-0.2, 0) is 19.2 Å². The summed E-state index contributed by atoms with van der Waals surface area (Å²) in [7, 11) is 0. The van der Waals surface area contributed by atoms with E-state index in [-0.39, 0.29) is 18.3 Å². The monoisotopic (exact) mass is 402 g/mol. The van der Waals surface area contributed by atoms with E-state index in [9.17, 15) is 29.4 Å². The molecule has 0 saturated carbocycles. The van der Waals surface area contributed by atoms with Crippen molar-refractivity contribution in [2.24, 2.45) is 17.6 Å². The summed E-state index contributed by atoms with van der Waals surface area (Å²) in [6, 6.07) is -4.32. The average molecular weight is 402 g/mol. The van der Waals surface area contributed by atoms with Gasteiger partial charge in [0.2, 0.25) is 17.7 Å². The third kappa shape index (κ3) is 8.66. The second-order valence-electron chi connectivity index (χ2n) is 7.77. The minimum atomic E-state index is -1.31. The number of aliphatic hydroxyl groups is 1. The molecule has 3 amide bonds. The third-order valence-electron chi connectivity index (χ3n) is 4.04. The van der Waals surface area contributed by atoms with Crippen molar-refractivity contribution in [3.8, 4) is 0 Å². The van der Waals surface area contributed by atoms with Gasteiger partial charge in [0.25, 0.3) is 0 Å². The van der Waals surface area contributed by atoms with Gasteiger partial charge in [-0.15, -0.1) is 0 Å². The molecule has 162 valence electrons. The van der Waals surface area contributed by atoms with E-state index in [1.807, 2.05) is 13.8 Å². The Bertz CT molecular complexity index is 562. The third-order valence-corrected chi connectivity index (χ3v) is 4.04. The Morgan fingerprint density at radius 1 is 0.821 bits per heavy atom. The zero-order valence-electron chi connectivity index (χ0n) is 17.4. The van der Waals surface area contributed by atoms with Crippen molar-refractivity contribution in [1.29, 1.82) is 0 Å². The van der Waals surface area contributed by atoms with Gasteiger partial charge >= 0.3 is 5.97 Å². The predicted octanol–water partition coefficient (Wildman–Crippen LogP) is -1.04. The fourth-order valence-corrected chi connectivity index (χ4v) is 2.42. The Kier molecular flexibility index (Phi) is 10.7. The highest BCUT2D eigenvalue weighted by Crippen LogP contribution is 2.08. The molecule has 0 heterocycles. The lowest BCUT2D eigenvalue weighted by molar-refractivity contribution is -0.143. The van der Waals surface area contributed by atoms with Gasteiger partial charge in [-0.25, -0.2) is 4.79 Å². The van der Waals surface area contributed by atoms with E-state index in [4.69, 9.17) is 5.73 Å². The van der Waals surface area contributed by atoms with Crippen LogP contribution in [-0.4, -0.2) is 64.2 Å². The summed E-state index contributed by atoms with van der Waals surface area (Å²) in [4.78, 5) is 48.3. The van der Waals surface area contributed by atoms with Crippen LogP contribution in [0.4, 0.5) is 0 Å². The summed E-state index contributed by atoms with van der Waals surface area (Å²) in [6.07, 6.45) is -0.994. The average Bonchev–Trinajstić information content (AvgIpc) is 2.54. The molecular weight excluding hydrogens is 368 g/mol. The number of rotatable bonds is 11. The molecule has 10 heteroatoms. The fourth-order valence-electron chi connectivity index (χ4n) is 2.42. The van der Waals surface area contributed by atoms with Crippen LogP contribution in [0.2, 0.25) is 0 Å². The number of amides is 3. The van der Waals surface area contributed by atoms with E-state index in [0.29, 0.717) is 0 Å². The maximum atomic E-state index is 12.6. The normalized spacial score (nSPS) is 16.6. The summed E-state index contributed by atoms with van der Waals surface area (Å²) >= 11 is 0. The number of aliphatic hydroxyl groups excluding tert-OH is 1. The van der Waals surface area contributed by atoms with Crippen molar-refractivity contribution in [3.05, 3.63) is 0 Å². The number of carboxylic acid groups (broad SMARTS) is 1. The SMILES string of the molecule is CC(C)C[C@H](NC(=O)[C@@H](NC(=O)[C@@H](NC(=O)[C@@H](C)N)[C@@H](C)O)C(C)C)C(=O)O. The van der Waals surface area contributed by atoms with Crippen LogP contribution >= 0.6 is 0 Å². The van der Waals surface area contributed by atoms with Gasteiger partial charge in [0.15, 0.2) is 0 Å². The van der Waals surface area contributed by atoms with Crippen LogP contribution in [0, 0.1) is 11.8 Å². The van der Waals surface area contributed by atoms with Crippen LogP contribution in [0.3, 0.4) is 0 Å². The predicted molar refractivity (Wildman–Crippen MR) is 103 cm³/mol. The van der Waals surface area contributed by atoms with Crippen molar-refractivity contribution < 1.29 is 29.4 Å². The highest BCUT2D eigenvalue weighted by atomic mass is 16.4. The summed E-state index contributed by atoms with van der Waals surface area (Å²) in [5.41, 5.74) is 5.46.